The molecule has 3 heterocycles. The van der Waals surface area contributed by atoms with E-state index in [2.05, 4.69) is 22.9 Å². The van der Waals surface area contributed by atoms with Crippen LogP contribution in [0.5, 0.6) is 5.75 Å². The Hall–Kier alpha value is -2.61. The van der Waals surface area contributed by atoms with E-state index >= 15 is 0 Å². The predicted octanol–water partition coefficient (Wildman–Crippen LogP) is 3.82. The molecule has 0 aliphatic carbocycles. The molecule has 0 saturated carbocycles. The number of fused-ring (bicyclic) bond motifs is 2. The van der Waals surface area contributed by atoms with E-state index in [0.717, 1.165) is 43.1 Å². The normalized spacial score (nSPS) is 21.3. The molecule has 0 N–H and O–H groups in total. The molecule has 2 atom stereocenters. The molecule has 0 radical (unpaired) electrons. The lowest BCUT2D eigenvalue weighted by Crippen LogP contribution is -2.48. The van der Waals surface area contributed by atoms with E-state index in [1.165, 1.54) is 17.2 Å². The van der Waals surface area contributed by atoms with Crippen LogP contribution in [0.2, 0.25) is 0 Å². The lowest BCUT2D eigenvalue weighted by atomic mass is 10.0. The van der Waals surface area contributed by atoms with Crippen LogP contribution in [0, 0.1) is 13.8 Å². The average Bonchev–Trinajstić information content (AvgIpc) is 3.31. The number of pyridine rings is 1. The molecule has 5 nitrogen and oxygen atoms in total. The molecular weight excluding hydrogens is 395 g/mol. The summed E-state index contributed by atoms with van der Waals surface area (Å²) in [6.07, 6.45) is -2.60. The first-order valence-electron chi connectivity index (χ1n) is 9.90. The first kappa shape index (κ1) is 20.7. The molecule has 2 aliphatic rings. The number of benzene rings is 1. The van der Waals surface area contributed by atoms with E-state index in [9.17, 15) is 18.0 Å². The molecule has 8 heteroatoms. The lowest BCUT2D eigenvalue weighted by Gasteiger charge is -2.34. The van der Waals surface area contributed by atoms with Gasteiger partial charge in [0.2, 0.25) is 0 Å². The van der Waals surface area contributed by atoms with Crippen LogP contribution in [-0.4, -0.2) is 53.0 Å². The van der Waals surface area contributed by atoms with Crippen LogP contribution in [0.25, 0.3) is 0 Å². The number of piperazine rings is 1. The number of ether oxygens (including phenoxy) is 1. The number of alkyl halides is 3. The quantitative estimate of drug-likeness (QED) is 0.756. The summed E-state index contributed by atoms with van der Waals surface area (Å²) in [7, 11) is 1.67. The van der Waals surface area contributed by atoms with Crippen molar-refractivity contribution in [2.45, 2.75) is 45.1 Å². The van der Waals surface area contributed by atoms with Crippen molar-refractivity contribution in [2.24, 2.45) is 0 Å². The number of nitrogens with zero attached hydrogens (tertiary/aromatic N) is 3. The molecule has 2 aliphatic heterocycles. The number of aromatic nitrogens is 1. The van der Waals surface area contributed by atoms with Crippen LogP contribution in [-0.2, 0) is 12.7 Å². The van der Waals surface area contributed by atoms with Crippen LogP contribution < -0.4 is 4.74 Å². The van der Waals surface area contributed by atoms with Gasteiger partial charge in [-0.15, -0.1) is 0 Å². The van der Waals surface area contributed by atoms with Gasteiger partial charge in [-0.25, -0.2) is 0 Å². The molecule has 2 bridgehead atoms. The molecule has 0 unspecified atom stereocenters. The van der Waals surface area contributed by atoms with Crippen LogP contribution >= 0.6 is 0 Å². The third-order valence-electron chi connectivity index (χ3n) is 6.36. The number of hydrogen-bond donors (Lipinski definition) is 0. The van der Waals surface area contributed by atoms with Crippen LogP contribution in [0.1, 0.15) is 39.2 Å². The zero-order valence-corrected chi connectivity index (χ0v) is 17.2. The highest BCUT2D eigenvalue weighted by atomic mass is 19.4. The zero-order valence-electron chi connectivity index (χ0n) is 17.2. The number of methoxy groups -OCH3 is 1. The molecule has 2 saturated heterocycles. The Bertz CT molecular complexity index is 959. The summed E-state index contributed by atoms with van der Waals surface area (Å²) in [5.74, 6) is 0.626. The molecule has 0 spiro atoms. The maximum absolute atomic E-state index is 12.8. The van der Waals surface area contributed by atoms with Crippen molar-refractivity contribution in [3.05, 3.63) is 58.4 Å². The second-order valence-corrected chi connectivity index (χ2v) is 8.04. The van der Waals surface area contributed by atoms with Gasteiger partial charge in [-0.2, -0.15) is 13.2 Å². The molecule has 1 amide bonds. The molecule has 4 rings (SSSR count). The van der Waals surface area contributed by atoms with Crippen LogP contribution in [0.4, 0.5) is 13.2 Å². The molecule has 2 aromatic rings. The van der Waals surface area contributed by atoms with E-state index in [4.69, 9.17) is 4.74 Å². The van der Waals surface area contributed by atoms with Crippen molar-refractivity contribution < 1.29 is 22.7 Å². The maximum atomic E-state index is 12.8. The summed E-state index contributed by atoms with van der Waals surface area (Å²) < 4.78 is 43.5. The first-order chi connectivity index (χ1) is 14.2. The van der Waals surface area contributed by atoms with Crippen LogP contribution in [0.3, 0.4) is 0 Å². The second kappa shape index (κ2) is 7.58. The molecule has 2 fully saturated rings. The third-order valence-corrected chi connectivity index (χ3v) is 6.36. The minimum atomic E-state index is -4.51. The topological polar surface area (TPSA) is 45.7 Å². The van der Waals surface area contributed by atoms with Gasteiger partial charge >= 0.3 is 6.18 Å². The van der Waals surface area contributed by atoms with Gasteiger partial charge in [0, 0.05) is 37.9 Å². The van der Waals surface area contributed by atoms with Gasteiger partial charge in [0.25, 0.3) is 5.91 Å². The third kappa shape index (κ3) is 3.64. The van der Waals surface area contributed by atoms with E-state index in [-0.39, 0.29) is 23.6 Å². The van der Waals surface area contributed by atoms with Gasteiger partial charge in [0.1, 0.15) is 11.4 Å². The van der Waals surface area contributed by atoms with Crippen molar-refractivity contribution in [3.8, 4) is 5.75 Å². The SMILES string of the molecule is COc1ccc(CN2C[C@@H]3C[C@H]2CN3C(=O)c2ccc(C(F)(F)F)nc2)c(C)c1C. The summed E-state index contributed by atoms with van der Waals surface area (Å²) in [6.45, 7) is 6.29. The van der Waals surface area contributed by atoms with Crippen molar-refractivity contribution >= 4 is 5.91 Å². The summed E-state index contributed by atoms with van der Waals surface area (Å²) in [6, 6.07) is 6.48. The Morgan fingerprint density at radius 1 is 1.13 bits per heavy atom. The van der Waals surface area contributed by atoms with Crippen molar-refractivity contribution in [1.29, 1.82) is 0 Å². The van der Waals surface area contributed by atoms with Gasteiger partial charge in [-0.3, -0.25) is 14.7 Å². The highest BCUT2D eigenvalue weighted by molar-refractivity contribution is 5.94. The Kier molecular flexibility index (Phi) is 5.22. The minimum absolute atomic E-state index is 0.0736. The summed E-state index contributed by atoms with van der Waals surface area (Å²) >= 11 is 0. The van der Waals surface area contributed by atoms with Gasteiger partial charge in [-0.1, -0.05) is 6.07 Å². The smallest absolute Gasteiger partial charge is 0.433 e. The number of likely N-dealkylation sites (tertiary alicyclic amines) is 2. The number of amides is 1. The largest absolute Gasteiger partial charge is 0.496 e. The lowest BCUT2D eigenvalue weighted by molar-refractivity contribution is -0.141. The fourth-order valence-corrected chi connectivity index (χ4v) is 4.51. The number of hydrogen-bond acceptors (Lipinski definition) is 4. The van der Waals surface area contributed by atoms with E-state index < -0.39 is 11.9 Å². The standard InChI is InChI=1S/C22H24F3N3O2/c1-13-14(2)19(30-3)6-4-16(13)10-27-11-18-8-17(27)12-28(18)21(29)15-5-7-20(26-9-15)22(23,24)25/h4-7,9,17-18H,8,10-12H2,1-3H3/t17-,18-/m0/s1. The average molecular weight is 419 g/mol. The summed E-state index contributed by atoms with van der Waals surface area (Å²) in [4.78, 5) is 20.4. The fraction of sp³-hybridized carbons (Fsp3) is 0.455. The van der Waals surface area contributed by atoms with Crippen molar-refractivity contribution in [3.63, 3.8) is 0 Å². The number of halogens is 3. The Morgan fingerprint density at radius 2 is 1.90 bits per heavy atom. The Labute approximate surface area is 173 Å². The van der Waals surface area contributed by atoms with Gasteiger partial charge < -0.3 is 9.64 Å². The molecule has 30 heavy (non-hydrogen) atoms. The highest BCUT2D eigenvalue weighted by Gasteiger charge is 2.45. The maximum Gasteiger partial charge on any atom is 0.433 e. The number of rotatable bonds is 4. The Morgan fingerprint density at radius 3 is 2.47 bits per heavy atom. The molecule has 1 aromatic carbocycles. The molecular formula is C22H24F3N3O2. The fourth-order valence-electron chi connectivity index (χ4n) is 4.51. The number of carbonyl (C=O) groups excluding carboxylic acids is 1. The van der Waals surface area contributed by atoms with E-state index in [1.807, 2.05) is 13.0 Å². The van der Waals surface area contributed by atoms with Gasteiger partial charge in [-0.05, 0) is 55.2 Å². The van der Waals surface area contributed by atoms with Crippen LogP contribution in [0.15, 0.2) is 30.5 Å². The number of carbonyl (C=O) groups is 1. The molecule has 160 valence electrons. The highest BCUT2D eigenvalue weighted by Crippen LogP contribution is 2.34. The van der Waals surface area contributed by atoms with E-state index in [1.54, 1.807) is 12.0 Å². The first-order valence-corrected chi connectivity index (χ1v) is 9.90. The monoisotopic (exact) mass is 419 g/mol. The summed E-state index contributed by atoms with van der Waals surface area (Å²) in [5.41, 5.74) is 2.79. The van der Waals surface area contributed by atoms with Gasteiger partial charge in [0.05, 0.1) is 12.7 Å². The van der Waals surface area contributed by atoms with Crippen molar-refractivity contribution in [1.82, 2.24) is 14.8 Å². The summed E-state index contributed by atoms with van der Waals surface area (Å²) in [5, 5.41) is 0. The minimum Gasteiger partial charge on any atom is -0.496 e. The van der Waals surface area contributed by atoms with E-state index in [0.29, 0.717) is 6.54 Å². The molecule has 1 aromatic heterocycles. The second-order valence-electron chi connectivity index (χ2n) is 8.04. The Balaban J connectivity index is 1.42. The predicted molar refractivity (Wildman–Crippen MR) is 105 cm³/mol. The zero-order chi connectivity index (χ0) is 21.6. The van der Waals surface area contributed by atoms with Crippen molar-refractivity contribution in [2.75, 3.05) is 20.2 Å². The van der Waals surface area contributed by atoms with Gasteiger partial charge in [0.15, 0.2) is 0 Å².